The van der Waals surface area contributed by atoms with Crippen LogP contribution in [-0.4, -0.2) is 24.9 Å². The van der Waals surface area contributed by atoms with Crippen LogP contribution in [0.2, 0.25) is 0 Å². The Morgan fingerprint density at radius 2 is 1.72 bits per heavy atom. The van der Waals surface area contributed by atoms with Gasteiger partial charge in [0.2, 0.25) is 0 Å². The van der Waals surface area contributed by atoms with Crippen LogP contribution in [0.1, 0.15) is 63.5 Å². The molecule has 0 fully saturated rings. The molecule has 0 aliphatic rings. The van der Waals surface area contributed by atoms with Crippen molar-refractivity contribution < 1.29 is 14.6 Å². The molecule has 0 aromatic heterocycles. The number of unbranched alkanes of at least 4 members (excludes halogenated alkanes) is 5. The topological polar surface area (TPSA) is 38.7 Å². The second-order valence-corrected chi connectivity index (χ2v) is 7.35. The third-order valence-electron chi connectivity index (χ3n) is 4.71. The van der Waals surface area contributed by atoms with Crippen LogP contribution < -0.4 is 9.47 Å². The summed E-state index contributed by atoms with van der Waals surface area (Å²) in [6, 6.07) is 4.07. The number of aryl methyl sites for hydroxylation is 1. The molecular weight excluding hydrogens is 360 g/mol. The van der Waals surface area contributed by atoms with Gasteiger partial charge in [-0.25, -0.2) is 0 Å². The molecule has 0 bridgehead atoms. The maximum absolute atomic E-state index is 8.80. The highest BCUT2D eigenvalue weighted by atomic mass is 16.5. The number of rotatable bonds is 15. The second kappa shape index (κ2) is 14.7. The minimum absolute atomic E-state index is 0.300. The molecule has 29 heavy (non-hydrogen) atoms. The largest absolute Gasteiger partial charge is 0.493 e. The lowest BCUT2D eigenvalue weighted by molar-refractivity contribution is 0.280. The molecule has 0 aliphatic heterocycles. The number of benzene rings is 1. The molecule has 1 aromatic rings. The highest BCUT2D eigenvalue weighted by Crippen LogP contribution is 2.33. The van der Waals surface area contributed by atoms with Gasteiger partial charge in [0.1, 0.15) is 18.1 Å². The summed E-state index contributed by atoms with van der Waals surface area (Å²) >= 11 is 0. The van der Waals surface area contributed by atoms with E-state index in [0.717, 1.165) is 59.5 Å². The van der Waals surface area contributed by atoms with Gasteiger partial charge in [-0.05, 0) is 62.5 Å². The van der Waals surface area contributed by atoms with Crippen molar-refractivity contribution in [1.82, 2.24) is 0 Å². The van der Waals surface area contributed by atoms with Gasteiger partial charge >= 0.3 is 0 Å². The van der Waals surface area contributed by atoms with Crippen molar-refractivity contribution in [2.45, 2.75) is 59.3 Å². The maximum atomic E-state index is 8.80. The van der Waals surface area contributed by atoms with Crippen molar-refractivity contribution in [3.05, 3.63) is 66.3 Å². The molecule has 3 nitrogen and oxygen atoms in total. The van der Waals surface area contributed by atoms with Crippen molar-refractivity contribution in [2.24, 2.45) is 0 Å². The lowest BCUT2D eigenvalue weighted by atomic mass is 10.0. The predicted octanol–water partition coefficient (Wildman–Crippen LogP) is 6.81. The zero-order valence-electron chi connectivity index (χ0n) is 18.5. The summed E-state index contributed by atoms with van der Waals surface area (Å²) in [4.78, 5) is 0. The lowest BCUT2D eigenvalue weighted by Crippen LogP contribution is -2.04. The Labute approximate surface area is 177 Å². The number of aliphatic hydroxyl groups excluding tert-OH is 1. The zero-order chi connectivity index (χ0) is 21.5. The summed E-state index contributed by atoms with van der Waals surface area (Å²) in [5.74, 6) is 1.71. The van der Waals surface area contributed by atoms with Crippen LogP contribution in [0.25, 0.3) is 5.57 Å². The van der Waals surface area contributed by atoms with Crippen molar-refractivity contribution in [2.75, 3.05) is 19.8 Å². The van der Waals surface area contributed by atoms with Gasteiger partial charge in [-0.15, -0.1) is 0 Å². The second-order valence-electron chi connectivity index (χ2n) is 7.35. The Balaban J connectivity index is 2.67. The Hall–Kier alpha value is -2.26. The van der Waals surface area contributed by atoms with E-state index in [0.29, 0.717) is 19.8 Å². The fourth-order valence-electron chi connectivity index (χ4n) is 2.93. The summed E-state index contributed by atoms with van der Waals surface area (Å²) in [5.41, 5.74) is 4.01. The molecule has 1 N–H and O–H groups in total. The van der Waals surface area contributed by atoms with E-state index in [2.05, 4.69) is 13.2 Å². The monoisotopic (exact) mass is 398 g/mol. The van der Waals surface area contributed by atoms with Gasteiger partial charge in [-0.2, -0.15) is 0 Å². The predicted molar refractivity (Wildman–Crippen MR) is 125 cm³/mol. The van der Waals surface area contributed by atoms with E-state index in [1.54, 1.807) is 0 Å². The first-order chi connectivity index (χ1) is 14.0. The molecule has 0 saturated carbocycles. The molecular formula is C26H38O3. The number of hydrogen-bond acceptors (Lipinski definition) is 3. The van der Waals surface area contributed by atoms with Crippen molar-refractivity contribution >= 4 is 5.57 Å². The first-order valence-corrected chi connectivity index (χ1v) is 10.6. The van der Waals surface area contributed by atoms with Gasteiger partial charge in [-0.3, -0.25) is 0 Å². The van der Waals surface area contributed by atoms with Gasteiger partial charge < -0.3 is 14.6 Å². The van der Waals surface area contributed by atoms with Gasteiger partial charge in [0.05, 0.1) is 6.61 Å². The summed E-state index contributed by atoms with van der Waals surface area (Å²) in [6.07, 6.45) is 14.4. The quantitative estimate of drug-likeness (QED) is 0.261. The van der Waals surface area contributed by atoms with E-state index in [-0.39, 0.29) is 0 Å². The van der Waals surface area contributed by atoms with Crippen LogP contribution >= 0.6 is 0 Å². The Morgan fingerprint density at radius 1 is 1.03 bits per heavy atom. The van der Waals surface area contributed by atoms with E-state index in [1.165, 1.54) is 12.8 Å². The Morgan fingerprint density at radius 3 is 2.34 bits per heavy atom. The number of allylic oxidation sites excluding steroid dienone is 4. The third kappa shape index (κ3) is 9.67. The molecule has 0 amide bonds. The van der Waals surface area contributed by atoms with E-state index in [1.807, 2.05) is 57.2 Å². The zero-order valence-corrected chi connectivity index (χ0v) is 18.5. The van der Waals surface area contributed by atoms with Crippen LogP contribution in [0, 0.1) is 6.92 Å². The van der Waals surface area contributed by atoms with Crippen molar-refractivity contribution in [3.63, 3.8) is 0 Å². The summed E-state index contributed by atoms with van der Waals surface area (Å²) in [7, 11) is 0. The Kier molecular flexibility index (Phi) is 12.6. The third-order valence-corrected chi connectivity index (χ3v) is 4.71. The van der Waals surface area contributed by atoms with Gasteiger partial charge in [0.25, 0.3) is 0 Å². The van der Waals surface area contributed by atoms with Crippen molar-refractivity contribution in [1.29, 1.82) is 0 Å². The highest BCUT2D eigenvalue weighted by molar-refractivity contribution is 5.69. The molecule has 3 heteroatoms. The summed E-state index contributed by atoms with van der Waals surface area (Å²) < 4.78 is 12.1. The molecule has 160 valence electrons. The van der Waals surface area contributed by atoms with Crippen LogP contribution in [0.3, 0.4) is 0 Å². The molecule has 0 heterocycles. The molecule has 0 radical (unpaired) electrons. The SMILES string of the molecule is C=C/C(=C\C=C/C)COc1cc(C)c(OCCCCCCCCO)cc1C(=C)C. The number of hydrogen-bond donors (Lipinski definition) is 1. The van der Waals surface area contributed by atoms with Crippen LogP contribution in [0.15, 0.2) is 55.2 Å². The van der Waals surface area contributed by atoms with E-state index < -0.39 is 0 Å². The van der Waals surface area contributed by atoms with Crippen molar-refractivity contribution in [3.8, 4) is 11.5 Å². The normalized spacial score (nSPS) is 11.7. The molecule has 0 spiro atoms. The van der Waals surface area contributed by atoms with Gasteiger partial charge in [-0.1, -0.05) is 63.1 Å². The highest BCUT2D eigenvalue weighted by Gasteiger charge is 2.11. The molecule has 0 unspecified atom stereocenters. The average molecular weight is 399 g/mol. The average Bonchev–Trinajstić information content (AvgIpc) is 2.71. The van der Waals surface area contributed by atoms with Crippen LogP contribution in [0.4, 0.5) is 0 Å². The first kappa shape index (κ1) is 24.8. The molecule has 0 aliphatic carbocycles. The Bertz CT molecular complexity index is 698. The smallest absolute Gasteiger partial charge is 0.127 e. The van der Waals surface area contributed by atoms with Crippen LogP contribution in [-0.2, 0) is 0 Å². The van der Waals surface area contributed by atoms with E-state index in [9.17, 15) is 0 Å². The molecule has 1 aromatic carbocycles. The minimum Gasteiger partial charge on any atom is -0.493 e. The number of aliphatic hydroxyl groups is 1. The summed E-state index contributed by atoms with van der Waals surface area (Å²) in [5, 5.41) is 8.80. The maximum Gasteiger partial charge on any atom is 0.127 e. The minimum atomic E-state index is 0.300. The van der Waals surface area contributed by atoms with Gasteiger partial charge in [0, 0.05) is 12.2 Å². The van der Waals surface area contributed by atoms with Gasteiger partial charge in [0.15, 0.2) is 0 Å². The standard InChI is InChI=1S/C26H38O3/c1-6-8-15-23(7-2)20-29-26-18-22(5)25(19-24(26)21(3)4)28-17-14-12-10-9-11-13-16-27/h6-8,15,18-19,27H,2-3,9-14,16-17,20H2,1,4-5H3/b8-6-,23-15+. The molecule has 1 rings (SSSR count). The fraction of sp³-hybridized carbons (Fsp3) is 0.462. The summed E-state index contributed by atoms with van der Waals surface area (Å²) in [6.45, 7) is 15.4. The molecule has 0 atom stereocenters. The van der Waals surface area contributed by atoms with Crippen LogP contribution in [0.5, 0.6) is 11.5 Å². The molecule has 0 saturated heterocycles. The first-order valence-electron chi connectivity index (χ1n) is 10.6. The number of ether oxygens (including phenoxy) is 2. The fourth-order valence-corrected chi connectivity index (χ4v) is 2.93. The van der Waals surface area contributed by atoms with E-state index >= 15 is 0 Å². The van der Waals surface area contributed by atoms with E-state index in [4.69, 9.17) is 14.6 Å². The lowest BCUT2D eigenvalue weighted by Gasteiger charge is -2.16.